The quantitative estimate of drug-likeness (QED) is 0.599. The van der Waals surface area contributed by atoms with E-state index in [9.17, 15) is 8.78 Å². The molecule has 15 heavy (non-hydrogen) atoms. The van der Waals surface area contributed by atoms with Crippen LogP contribution in [0, 0.1) is 6.92 Å². The molecule has 0 unspecified atom stereocenters. The molecule has 0 radical (unpaired) electrons. The van der Waals surface area contributed by atoms with E-state index >= 15 is 0 Å². The van der Waals surface area contributed by atoms with E-state index in [0.717, 1.165) is 27.9 Å². The van der Waals surface area contributed by atoms with Crippen molar-refractivity contribution in [2.45, 2.75) is 18.2 Å². The van der Waals surface area contributed by atoms with Crippen molar-refractivity contribution >= 4 is 22.0 Å². The molecular formula is C10H9F2NSV. The second-order valence-electron chi connectivity index (χ2n) is 2.86. The average Bonchev–Trinajstić information content (AvgIpc) is 2.19. The number of thioether (sulfide) groups is 1. The van der Waals surface area contributed by atoms with Gasteiger partial charge in [-0.2, -0.15) is 0 Å². The third-order valence-corrected chi connectivity index (χ3v) is 2.89. The number of alkyl halides is 2. The number of aryl methyl sites for hydroxylation is 1. The maximum absolute atomic E-state index is 12.0. The summed E-state index contributed by atoms with van der Waals surface area (Å²) in [6, 6.07) is 5.49. The number of hydrogen-bond donors (Lipinski definition) is 0. The molecule has 0 bridgehead atoms. The zero-order chi connectivity index (χ0) is 11.3. The fraction of sp³-hybridized carbons (Fsp3) is 0.300. The first kappa shape index (κ1) is 12.7. The Morgan fingerprint density at radius 1 is 1.53 bits per heavy atom. The van der Waals surface area contributed by atoms with Crippen molar-refractivity contribution in [2.75, 3.05) is 5.75 Å². The van der Waals surface area contributed by atoms with Gasteiger partial charge in [-0.05, 0) is 0 Å². The summed E-state index contributed by atoms with van der Waals surface area (Å²) in [5.41, 5.74) is 1.78. The minimum atomic E-state index is -2.28. The molecule has 5 heteroatoms. The summed E-state index contributed by atoms with van der Waals surface area (Å²) in [5, 5.41) is 0. The number of aliphatic imine (C=N–C) groups is 1. The van der Waals surface area contributed by atoms with Gasteiger partial charge < -0.3 is 0 Å². The molecular weight excluding hydrogens is 255 g/mol. The molecule has 1 rings (SSSR count). The van der Waals surface area contributed by atoms with E-state index in [-0.39, 0.29) is 5.75 Å². The molecule has 0 saturated carbocycles. The van der Waals surface area contributed by atoms with Crippen LogP contribution in [0.4, 0.5) is 14.5 Å². The van der Waals surface area contributed by atoms with Gasteiger partial charge in [0.25, 0.3) is 0 Å². The first-order valence-corrected chi connectivity index (χ1v) is 5.93. The summed E-state index contributed by atoms with van der Waals surface area (Å²) in [5.74, 6) is -0.182. The van der Waals surface area contributed by atoms with E-state index in [1.807, 2.05) is 19.1 Å². The van der Waals surface area contributed by atoms with Gasteiger partial charge >= 0.3 is 100 Å². The predicted octanol–water partition coefficient (Wildman–Crippen LogP) is 3.44. The molecule has 0 spiro atoms. The van der Waals surface area contributed by atoms with Crippen molar-refractivity contribution in [2.24, 2.45) is 4.99 Å². The normalized spacial score (nSPS) is 10.1. The molecule has 0 aliphatic rings. The van der Waals surface area contributed by atoms with Crippen molar-refractivity contribution in [3.8, 4) is 0 Å². The number of nitrogens with zero attached hydrogens (tertiary/aromatic N) is 1. The van der Waals surface area contributed by atoms with Crippen LogP contribution in [0.3, 0.4) is 0 Å². The summed E-state index contributed by atoms with van der Waals surface area (Å²) < 4.78 is 26.6. The molecule has 79 valence electrons. The van der Waals surface area contributed by atoms with Crippen LogP contribution in [0.15, 0.2) is 28.1 Å². The zero-order valence-corrected chi connectivity index (χ0v) is 10.3. The minimum absolute atomic E-state index is 0.182. The number of hydrogen-bond acceptors (Lipinski definition) is 2. The van der Waals surface area contributed by atoms with Crippen LogP contribution >= 0.6 is 11.8 Å². The Morgan fingerprint density at radius 2 is 2.27 bits per heavy atom. The van der Waals surface area contributed by atoms with E-state index in [4.69, 9.17) is 0 Å². The second kappa shape index (κ2) is 6.24. The van der Waals surface area contributed by atoms with Gasteiger partial charge in [-0.3, -0.25) is 0 Å². The summed E-state index contributed by atoms with van der Waals surface area (Å²) in [6.45, 7) is 1.92. The Morgan fingerprint density at radius 3 is 2.87 bits per heavy atom. The maximum atomic E-state index is 12.0. The van der Waals surface area contributed by atoms with Crippen molar-refractivity contribution in [1.29, 1.82) is 0 Å². The van der Waals surface area contributed by atoms with Crippen LogP contribution in [0.1, 0.15) is 5.56 Å². The van der Waals surface area contributed by atoms with Crippen molar-refractivity contribution in [3.05, 3.63) is 23.8 Å². The fourth-order valence-corrected chi connectivity index (χ4v) is 1.86. The van der Waals surface area contributed by atoms with Crippen LogP contribution in [0.2, 0.25) is 0 Å². The van der Waals surface area contributed by atoms with Crippen molar-refractivity contribution < 1.29 is 25.8 Å². The molecule has 0 N–H and O–H groups in total. The van der Waals surface area contributed by atoms with Crippen LogP contribution < -0.4 is 0 Å². The van der Waals surface area contributed by atoms with Gasteiger partial charge in [0.15, 0.2) is 0 Å². The van der Waals surface area contributed by atoms with Gasteiger partial charge in [-0.1, -0.05) is 0 Å². The molecule has 0 aliphatic carbocycles. The van der Waals surface area contributed by atoms with Gasteiger partial charge in [0, 0.05) is 0 Å². The zero-order valence-electron chi connectivity index (χ0n) is 8.08. The monoisotopic (exact) mass is 264 g/mol. The van der Waals surface area contributed by atoms with Gasteiger partial charge in [0.05, 0.1) is 0 Å². The van der Waals surface area contributed by atoms with Crippen molar-refractivity contribution in [3.63, 3.8) is 0 Å². The summed E-state index contributed by atoms with van der Waals surface area (Å²) in [6.07, 6.45) is -2.28. The van der Waals surface area contributed by atoms with Gasteiger partial charge in [0.1, 0.15) is 0 Å². The van der Waals surface area contributed by atoms with Crippen LogP contribution in [-0.4, -0.2) is 16.7 Å². The van der Waals surface area contributed by atoms with Crippen LogP contribution in [-0.2, 0) is 17.0 Å². The van der Waals surface area contributed by atoms with E-state index in [1.54, 1.807) is 6.07 Å². The Balaban J connectivity index is 2.82. The molecule has 0 aliphatic heterocycles. The fourth-order valence-electron chi connectivity index (χ4n) is 1.01. The molecule has 1 aromatic carbocycles. The summed E-state index contributed by atoms with van der Waals surface area (Å²) in [4.78, 5) is 4.82. The Bertz CT molecular complexity index is 389. The second-order valence-corrected chi connectivity index (χ2v) is 4.27. The van der Waals surface area contributed by atoms with Gasteiger partial charge in [0.2, 0.25) is 0 Å². The van der Waals surface area contributed by atoms with E-state index in [0.29, 0.717) is 0 Å². The van der Waals surface area contributed by atoms with E-state index in [1.165, 1.54) is 0 Å². The molecule has 0 amide bonds. The average molecular weight is 264 g/mol. The third kappa shape index (κ3) is 4.31. The predicted molar refractivity (Wildman–Crippen MR) is 55.0 cm³/mol. The molecule has 0 aromatic heterocycles. The Labute approximate surface area is 100 Å². The third-order valence-electron chi connectivity index (χ3n) is 1.73. The molecule has 0 heterocycles. The molecule has 1 nitrogen and oxygen atoms in total. The first-order valence-electron chi connectivity index (χ1n) is 4.25. The molecule has 0 fully saturated rings. The first-order chi connectivity index (χ1) is 7.13. The van der Waals surface area contributed by atoms with Crippen molar-refractivity contribution in [1.82, 2.24) is 0 Å². The van der Waals surface area contributed by atoms with Crippen LogP contribution in [0.5, 0.6) is 0 Å². The van der Waals surface area contributed by atoms with Crippen LogP contribution in [0.25, 0.3) is 0 Å². The van der Waals surface area contributed by atoms with E-state index in [2.05, 4.69) is 26.5 Å². The number of benzene rings is 1. The molecule has 1 aromatic rings. The topological polar surface area (TPSA) is 12.4 Å². The molecule has 0 saturated heterocycles. The Hall–Kier alpha value is -0.406. The number of halogens is 2. The van der Waals surface area contributed by atoms with E-state index < -0.39 is 6.43 Å². The summed E-state index contributed by atoms with van der Waals surface area (Å²) >= 11 is 3.26. The summed E-state index contributed by atoms with van der Waals surface area (Å²) in [7, 11) is 0. The van der Waals surface area contributed by atoms with Gasteiger partial charge in [-0.25, -0.2) is 0 Å². The number of rotatable bonds is 4. The molecule has 0 atom stereocenters. The Kier molecular flexibility index (Phi) is 5.26. The SMILES string of the molecule is Cc1ccc(SCC(F)F)cc1N=[C]=[V]. The standard InChI is InChI=1S/C10H9F2NS.V/c1-7-3-4-8(5-9(7)13-2)14-6-10(11)12;/h3-5,10H,6H2,1H3;. The van der Waals surface area contributed by atoms with Gasteiger partial charge in [-0.15, -0.1) is 0 Å².